The molecule has 0 saturated carbocycles. The van der Waals surface area contributed by atoms with Gasteiger partial charge in [0, 0.05) is 19.6 Å². The normalized spacial score (nSPS) is 12.4. The smallest absolute Gasteiger partial charge is 0.243 e. The average molecular weight is 274 g/mol. The first-order chi connectivity index (χ1) is 8.30. The molecule has 0 heterocycles. The Bertz CT molecular complexity index is 515. The van der Waals surface area contributed by atoms with Crippen molar-refractivity contribution < 1.29 is 12.8 Å². The Labute approximate surface area is 108 Å². The van der Waals surface area contributed by atoms with Gasteiger partial charge in [0.05, 0.1) is 4.90 Å². The summed E-state index contributed by atoms with van der Waals surface area (Å²) in [5, 5.41) is 2.88. The maximum atomic E-state index is 13.3. The molecular weight excluding hydrogens is 255 g/mol. The number of nitrogens with one attached hydrogen (secondary N) is 1. The van der Waals surface area contributed by atoms with Gasteiger partial charge >= 0.3 is 0 Å². The number of sulfonamides is 1. The number of hydrogen-bond donors (Lipinski definition) is 1. The maximum Gasteiger partial charge on any atom is 0.243 e. The molecule has 0 radical (unpaired) electrons. The number of rotatable bonds is 5. The lowest BCUT2D eigenvalue weighted by molar-refractivity contribution is 0.409. The number of benzene rings is 1. The molecule has 1 aromatic rings. The summed E-state index contributed by atoms with van der Waals surface area (Å²) in [5.74, 6) is -0.550. The van der Waals surface area contributed by atoms with E-state index in [1.54, 1.807) is 20.9 Å². The van der Waals surface area contributed by atoms with Gasteiger partial charge in [0.15, 0.2) is 0 Å². The van der Waals surface area contributed by atoms with Crippen LogP contribution in [-0.2, 0) is 16.6 Å². The molecule has 4 nitrogen and oxygen atoms in total. The minimum atomic E-state index is -3.66. The third kappa shape index (κ3) is 3.07. The van der Waals surface area contributed by atoms with E-state index in [1.165, 1.54) is 23.5 Å². The minimum Gasteiger partial charge on any atom is -0.316 e. The van der Waals surface area contributed by atoms with Gasteiger partial charge in [0.1, 0.15) is 5.82 Å². The molecule has 0 amide bonds. The number of hydrogen-bond acceptors (Lipinski definition) is 3. The van der Waals surface area contributed by atoms with Gasteiger partial charge < -0.3 is 5.32 Å². The molecule has 0 aliphatic carbocycles. The summed E-state index contributed by atoms with van der Waals surface area (Å²) in [6, 6.07) is 3.65. The van der Waals surface area contributed by atoms with E-state index in [0.717, 1.165) is 6.07 Å². The zero-order valence-electron chi connectivity index (χ0n) is 11.1. The first kappa shape index (κ1) is 15.1. The molecule has 0 saturated heterocycles. The summed E-state index contributed by atoms with van der Waals surface area (Å²) in [7, 11) is -0.452. The van der Waals surface area contributed by atoms with Crippen LogP contribution in [-0.4, -0.2) is 32.9 Å². The first-order valence-corrected chi connectivity index (χ1v) is 7.15. The van der Waals surface area contributed by atoms with Crippen LogP contribution in [0.2, 0.25) is 0 Å². The largest absolute Gasteiger partial charge is 0.316 e. The number of nitrogens with zero attached hydrogens (tertiary/aromatic N) is 1. The van der Waals surface area contributed by atoms with Crippen LogP contribution in [0.25, 0.3) is 0 Å². The molecule has 6 heteroatoms. The predicted octanol–water partition coefficient (Wildman–Crippen LogP) is 1.57. The summed E-state index contributed by atoms with van der Waals surface area (Å²) >= 11 is 0. The average Bonchev–Trinajstić information content (AvgIpc) is 2.30. The SMILES string of the molecule is CNCc1ccc(F)cc1S(=O)(=O)N(C)C(C)C. The van der Waals surface area contributed by atoms with Gasteiger partial charge in [-0.15, -0.1) is 0 Å². The van der Waals surface area contributed by atoms with Crippen molar-refractivity contribution in [3.8, 4) is 0 Å². The molecule has 0 unspecified atom stereocenters. The number of halogens is 1. The van der Waals surface area contributed by atoms with E-state index in [-0.39, 0.29) is 10.9 Å². The highest BCUT2D eigenvalue weighted by molar-refractivity contribution is 7.89. The Morgan fingerprint density at radius 3 is 2.50 bits per heavy atom. The van der Waals surface area contributed by atoms with Crippen molar-refractivity contribution in [2.75, 3.05) is 14.1 Å². The van der Waals surface area contributed by atoms with Crippen molar-refractivity contribution in [3.63, 3.8) is 0 Å². The maximum absolute atomic E-state index is 13.3. The molecule has 0 atom stereocenters. The van der Waals surface area contributed by atoms with Crippen molar-refractivity contribution in [3.05, 3.63) is 29.6 Å². The third-order valence-electron chi connectivity index (χ3n) is 2.78. The summed E-state index contributed by atoms with van der Waals surface area (Å²) in [6.07, 6.45) is 0. The first-order valence-electron chi connectivity index (χ1n) is 5.71. The van der Waals surface area contributed by atoms with Gasteiger partial charge in [-0.3, -0.25) is 0 Å². The van der Waals surface area contributed by atoms with E-state index in [1.807, 2.05) is 0 Å². The molecule has 0 aliphatic heterocycles. The van der Waals surface area contributed by atoms with Crippen LogP contribution in [0.3, 0.4) is 0 Å². The van der Waals surface area contributed by atoms with Crippen LogP contribution in [0.4, 0.5) is 4.39 Å². The molecule has 0 aromatic heterocycles. The molecule has 18 heavy (non-hydrogen) atoms. The predicted molar refractivity (Wildman–Crippen MR) is 69.2 cm³/mol. The zero-order chi connectivity index (χ0) is 13.9. The topological polar surface area (TPSA) is 49.4 Å². The Balaban J connectivity index is 3.34. The van der Waals surface area contributed by atoms with E-state index in [0.29, 0.717) is 12.1 Å². The van der Waals surface area contributed by atoms with Crippen LogP contribution in [0.15, 0.2) is 23.1 Å². The Morgan fingerprint density at radius 1 is 1.39 bits per heavy atom. The van der Waals surface area contributed by atoms with Gasteiger partial charge in [0.25, 0.3) is 0 Å². The molecule has 1 rings (SSSR count). The highest BCUT2D eigenvalue weighted by atomic mass is 32.2. The summed E-state index contributed by atoms with van der Waals surface area (Å²) in [4.78, 5) is 0.0213. The van der Waals surface area contributed by atoms with E-state index >= 15 is 0 Å². The fraction of sp³-hybridized carbons (Fsp3) is 0.500. The molecule has 102 valence electrons. The molecule has 1 aromatic carbocycles. The van der Waals surface area contributed by atoms with E-state index < -0.39 is 15.8 Å². The molecule has 1 N–H and O–H groups in total. The lowest BCUT2D eigenvalue weighted by atomic mass is 10.2. The van der Waals surface area contributed by atoms with Gasteiger partial charge in [0.2, 0.25) is 10.0 Å². The van der Waals surface area contributed by atoms with E-state index in [9.17, 15) is 12.8 Å². The van der Waals surface area contributed by atoms with E-state index in [2.05, 4.69) is 5.32 Å². The standard InChI is InChI=1S/C12H19FN2O2S/c1-9(2)15(4)18(16,17)12-7-11(13)6-5-10(12)8-14-3/h5-7,9,14H,8H2,1-4H3. The summed E-state index contributed by atoms with van der Waals surface area (Å²) in [6.45, 7) is 3.92. The lowest BCUT2D eigenvalue weighted by Gasteiger charge is -2.22. The third-order valence-corrected chi connectivity index (χ3v) is 4.90. The fourth-order valence-electron chi connectivity index (χ4n) is 1.54. The van der Waals surface area contributed by atoms with Gasteiger partial charge in [-0.1, -0.05) is 6.07 Å². The minimum absolute atomic E-state index is 0.0213. The van der Waals surface area contributed by atoms with Gasteiger partial charge in [-0.05, 0) is 38.6 Å². The van der Waals surface area contributed by atoms with Crippen LogP contribution in [0.1, 0.15) is 19.4 Å². The van der Waals surface area contributed by atoms with Crippen LogP contribution < -0.4 is 5.32 Å². The van der Waals surface area contributed by atoms with Crippen molar-refractivity contribution in [1.29, 1.82) is 0 Å². The molecule has 0 bridgehead atoms. The molecular formula is C12H19FN2O2S. The van der Waals surface area contributed by atoms with Crippen molar-refractivity contribution >= 4 is 10.0 Å². The molecule has 0 spiro atoms. The van der Waals surface area contributed by atoms with Crippen LogP contribution in [0, 0.1) is 5.82 Å². The highest BCUT2D eigenvalue weighted by Crippen LogP contribution is 2.22. The highest BCUT2D eigenvalue weighted by Gasteiger charge is 2.26. The quantitative estimate of drug-likeness (QED) is 0.886. The fourth-order valence-corrected chi connectivity index (χ4v) is 3.14. The molecule has 0 aliphatic rings. The van der Waals surface area contributed by atoms with Gasteiger partial charge in [-0.25, -0.2) is 12.8 Å². The Hall–Kier alpha value is -0.980. The zero-order valence-corrected chi connectivity index (χ0v) is 11.9. The second-order valence-electron chi connectivity index (χ2n) is 4.40. The lowest BCUT2D eigenvalue weighted by Crippen LogP contribution is -2.34. The monoisotopic (exact) mass is 274 g/mol. The Kier molecular flexibility index (Phi) is 4.84. The summed E-state index contributed by atoms with van der Waals surface area (Å²) < 4.78 is 39.2. The second kappa shape index (κ2) is 5.77. The van der Waals surface area contributed by atoms with Crippen LogP contribution >= 0.6 is 0 Å². The second-order valence-corrected chi connectivity index (χ2v) is 6.36. The van der Waals surface area contributed by atoms with Crippen molar-refractivity contribution in [1.82, 2.24) is 9.62 Å². The Morgan fingerprint density at radius 2 is 2.00 bits per heavy atom. The molecule has 0 fully saturated rings. The summed E-state index contributed by atoms with van der Waals surface area (Å²) in [5.41, 5.74) is 0.561. The van der Waals surface area contributed by atoms with Crippen molar-refractivity contribution in [2.24, 2.45) is 0 Å². The van der Waals surface area contributed by atoms with Gasteiger partial charge in [-0.2, -0.15) is 4.31 Å². The van der Waals surface area contributed by atoms with E-state index in [4.69, 9.17) is 0 Å². The van der Waals surface area contributed by atoms with Crippen molar-refractivity contribution in [2.45, 2.75) is 31.3 Å². The van der Waals surface area contributed by atoms with Crippen LogP contribution in [0.5, 0.6) is 0 Å².